The predicted molar refractivity (Wildman–Crippen MR) is 79.3 cm³/mol. The van der Waals surface area contributed by atoms with Gasteiger partial charge >= 0.3 is 0 Å². The molecule has 1 fully saturated rings. The van der Waals surface area contributed by atoms with Crippen LogP contribution in [0.5, 0.6) is 0 Å². The summed E-state index contributed by atoms with van der Waals surface area (Å²) >= 11 is 7.45. The first-order valence-electron chi connectivity index (χ1n) is 5.81. The number of rotatable bonds is 3. The van der Waals surface area contributed by atoms with Crippen molar-refractivity contribution < 1.29 is 12.8 Å². The van der Waals surface area contributed by atoms with Gasteiger partial charge in [0.2, 0.25) is 0 Å². The Hall–Kier alpha value is -0.460. The lowest BCUT2D eigenvalue weighted by Crippen LogP contribution is -2.47. The molecule has 19 heavy (non-hydrogen) atoms. The summed E-state index contributed by atoms with van der Waals surface area (Å²) in [4.78, 5) is 1.82. The van der Waals surface area contributed by atoms with Gasteiger partial charge in [0.15, 0.2) is 9.84 Å². The van der Waals surface area contributed by atoms with Gasteiger partial charge in [-0.2, -0.15) is 11.8 Å². The smallest absolute Gasteiger partial charge is 0.169 e. The van der Waals surface area contributed by atoms with E-state index in [-0.39, 0.29) is 11.7 Å². The SMILES string of the molecule is CS(=O)(=O)C1CSCCN1c1ccc(F)cc1CCl. The maximum Gasteiger partial charge on any atom is 0.169 e. The molecular formula is C12H15ClFNO2S2. The first-order chi connectivity index (χ1) is 8.93. The van der Waals surface area contributed by atoms with Crippen LogP contribution in [0, 0.1) is 5.82 Å². The van der Waals surface area contributed by atoms with Crippen LogP contribution in [0.1, 0.15) is 5.56 Å². The Labute approximate surface area is 122 Å². The van der Waals surface area contributed by atoms with E-state index < -0.39 is 15.2 Å². The third-order valence-corrected chi connectivity index (χ3v) is 6.00. The highest BCUT2D eigenvalue weighted by Gasteiger charge is 2.32. The predicted octanol–water partition coefficient (Wildman–Crippen LogP) is 2.49. The molecule has 1 aromatic rings. The van der Waals surface area contributed by atoms with Gasteiger partial charge in [0.05, 0.1) is 0 Å². The van der Waals surface area contributed by atoms with E-state index in [2.05, 4.69) is 0 Å². The molecule has 0 radical (unpaired) electrons. The number of benzene rings is 1. The average molecular weight is 324 g/mol. The highest BCUT2D eigenvalue weighted by molar-refractivity contribution is 8.01. The molecule has 2 rings (SSSR count). The Morgan fingerprint density at radius 3 is 2.89 bits per heavy atom. The molecule has 7 heteroatoms. The van der Waals surface area contributed by atoms with Crippen molar-refractivity contribution in [2.24, 2.45) is 0 Å². The zero-order valence-electron chi connectivity index (χ0n) is 10.5. The van der Waals surface area contributed by atoms with Gasteiger partial charge in [-0.15, -0.1) is 11.6 Å². The highest BCUT2D eigenvalue weighted by Crippen LogP contribution is 2.30. The van der Waals surface area contributed by atoms with E-state index in [0.29, 0.717) is 23.5 Å². The molecule has 0 saturated carbocycles. The van der Waals surface area contributed by atoms with E-state index in [1.165, 1.54) is 18.4 Å². The van der Waals surface area contributed by atoms with Crippen LogP contribution in [-0.2, 0) is 15.7 Å². The molecule has 0 aromatic heterocycles. The van der Waals surface area contributed by atoms with E-state index in [4.69, 9.17) is 11.6 Å². The number of anilines is 1. The molecule has 0 bridgehead atoms. The fourth-order valence-electron chi connectivity index (χ4n) is 2.15. The maximum absolute atomic E-state index is 13.2. The monoisotopic (exact) mass is 323 g/mol. The molecule has 3 nitrogen and oxygen atoms in total. The molecule has 0 aliphatic carbocycles. The Bertz CT molecular complexity index is 565. The van der Waals surface area contributed by atoms with Crippen molar-refractivity contribution in [3.05, 3.63) is 29.6 Å². The topological polar surface area (TPSA) is 37.4 Å². The standard InChI is InChI=1S/C12H15ClFNO2S2/c1-19(16,17)12-8-18-5-4-15(12)11-3-2-10(14)6-9(11)7-13/h2-3,6,12H,4-5,7-8H2,1H3. The quantitative estimate of drug-likeness (QED) is 0.801. The molecule has 0 amide bonds. The molecule has 1 aliphatic heterocycles. The van der Waals surface area contributed by atoms with Gasteiger partial charge in [0.1, 0.15) is 11.2 Å². The van der Waals surface area contributed by atoms with Crippen molar-refractivity contribution in [2.75, 3.05) is 29.2 Å². The Morgan fingerprint density at radius 2 is 2.26 bits per heavy atom. The lowest BCUT2D eigenvalue weighted by atomic mass is 10.1. The summed E-state index contributed by atoms with van der Waals surface area (Å²) in [6.45, 7) is 0.623. The van der Waals surface area contributed by atoms with Gasteiger partial charge < -0.3 is 4.90 Å². The van der Waals surface area contributed by atoms with Crippen LogP contribution in [0.25, 0.3) is 0 Å². The van der Waals surface area contributed by atoms with E-state index in [9.17, 15) is 12.8 Å². The van der Waals surface area contributed by atoms with Crippen LogP contribution in [0.3, 0.4) is 0 Å². The second-order valence-electron chi connectivity index (χ2n) is 4.46. The van der Waals surface area contributed by atoms with Crippen molar-refractivity contribution in [1.29, 1.82) is 0 Å². The van der Waals surface area contributed by atoms with Crippen LogP contribution in [0.15, 0.2) is 18.2 Å². The van der Waals surface area contributed by atoms with Gasteiger partial charge in [-0.1, -0.05) is 0 Å². The van der Waals surface area contributed by atoms with Gasteiger partial charge in [-0.05, 0) is 23.8 Å². The molecule has 1 heterocycles. The molecule has 1 aliphatic rings. The number of nitrogens with zero attached hydrogens (tertiary/aromatic N) is 1. The van der Waals surface area contributed by atoms with E-state index in [1.54, 1.807) is 17.8 Å². The molecule has 0 N–H and O–H groups in total. The Morgan fingerprint density at radius 1 is 1.53 bits per heavy atom. The second kappa shape index (κ2) is 5.89. The lowest BCUT2D eigenvalue weighted by Gasteiger charge is -2.36. The van der Waals surface area contributed by atoms with Gasteiger partial charge in [-0.3, -0.25) is 0 Å². The second-order valence-corrected chi connectivity index (χ2v) is 8.08. The molecule has 1 unspecified atom stereocenters. The number of hydrogen-bond donors (Lipinski definition) is 0. The number of sulfone groups is 1. The minimum Gasteiger partial charge on any atom is -0.353 e. The normalized spacial score (nSPS) is 20.6. The fourth-order valence-corrected chi connectivity index (χ4v) is 5.20. The van der Waals surface area contributed by atoms with Crippen molar-refractivity contribution >= 4 is 38.9 Å². The molecule has 1 saturated heterocycles. The largest absolute Gasteiger partial charge is 0.353 e. The Kier molecular flexibility index (Phi) is 4.63. The number of halogens is 2. The number of thioether (sulfide) groups is 1. The molecule has 0 spiro atoms. The number of hydrogen-bond acceptors (Lipinski definition) is 4. The van der Waals surface area contributed by atoms with E-state index >= 15 is 0 Å². The van der Waals surface area contributed by atoms with Gasteiger partial charge in [-0.25, -0.2) is 12.8 Å². The molecule has 106 valence electrons. The zero-order chi connectivity index (χ0) is 14.0. The maximum atomic E-state index is 13.2. The van der Waals surface area contributed by atoms with Crippen LogP contribution < -0.4 is 4.90 Å². The zero-order valence-corrected chi connectivity index (χ0v) is 12.9. The number of alkyl halides is 1. The van der Waals surface area contributed by atoms with Gasteiger partial charge in [0, 0.05) is 35.9 Å². The van der Waals surface area contributed by atoms with Crippen molar-refractivity contribution in [3.8, 4) is 0 Å². The highest BCUT2D eigenvalue weighted by atomic mass is 35.5. The lowest BCUT2D eigenvalue weighted by molar-refractivity contribution is 0.584. The molecular weight excluding hydrogens is 309 g/mol. The summed E-state index contributed by atoms with van der Waals surface area (Å²) < 4.78 is 37.0. The van der Waals surface area contributed by atoms with Crippen LogP contribution in [0.4, 0.5) is 10.1 Å². The van der Waals surface area contributed by atoms with Crippen molar-refractivity contribution in [1.82, 2.24) is 0 Å². The van der Waals surface area contributed by atoms with Crippen LogP contribution in [0.2, 0.25) is 0 Å². The van der Waals surface area contributed by atoms with E-state index in [1.807, 2.05) is 4.90 Å². The van der Waals surface area contributed by atoms with Gasteiger partial charge in [0.25, 0.3) is 0 Å². The Balaban J connectivity index is 2.43. The summed E-state index contributed by atoms with van der Waals surface area (Å²) in [5, 5.41) is -0.571. The van der Waals surface area contributed by atoms with Crippen LogP contribution >= 0.6 is 23.4 Å². The van der Waals surface area contributed by atoms with Crippen molar-refractivity contribution in [3.63, 3.8) is 0 Å². The molecule has 1 atom stereocenters. The summed E-state index contributed by atoms with van der Waals surface area (Å²) in [5.74, 6) is 1.18. The van der Waals surface area contributed by atoms with E-state index in [0.717, 1.165) is 5.75 Å². The molecule has 1 aromatic carbocycles. The summed E-state index contributed by atoms with van der Waals surface area (Å²) in [6, 6.07) is 4.32. The third-order valence-electron chi connectivity index (χ3n) is 3.07. The average Bonchev–Trinajstić information content (AvgIpc) is 2.37. The minimum absolute atomic E-state index is 0.160. The first-order valence-corrected chi connectivity index (χ1v) is 9.45. The fraction of sp³-hybridized carbons (Fsp3) is 0.500. The summed E-state index contributed by atoms with van der Waals surface area (Å²) in [6.07, 6.45) is 1.24. The summed E-state index contributed by atoms with van der Waals surface area (Å²) in [7, 11) is -3.19. The third kappa shape index (κ3) is 3.35. The van der Waals surface area contributed by atoms with Crippen molar-refractivity contribution in [2.45, 2.75) is 11.3 Å². The van der Waals surface area contributed by atoms with Crippen LogP contribution in [-0.4, -0.2) is 38.1 Å². The first kappa shape index (κ1) is 14.9. The minimum atomic E-state index is -3.19. The summed E-state index contributed by atoms with van der Waals surface area (Å²) in [5.41, 5.74) is 1.34.